The molecule has 0 bridgehead atoms. The number of carbonyl (C=O) groups excluding carboxylic acids is 2. The highest BCUT2D eigenvalue weighted by molar-refractivity contribution is 7.89. The maximum absolute atomic E-state index is 13.0. The van der Waals surface area contributed by atoms with E-state index in [4.69, 9.17) is 21.1 Å². The number of benzene rings is 1. The quantitative estimate of drug-likeness (QED) is 0.491. The average molecular weight is 468 g/mol. The topological polar surface area (TPSA) is 115 Å². The molecule has 0 unspecified atom stereocenters. The van der Waals surface area contributed by atoms with Crippen molar-refractivity contribution < 1.29 is 27.5 Å². The second kappa shape index (κ2) is 10.1. The van der Waals surface area contributed by atoms with Gasteiger partial charge in [0.15, 0.2) is 6.61 Å². The Morgan fingerprint density at radius 3 is 2.55 bits per heavy atom. The summed E-state index contributed by atoms with van der Waals surface area (Å²) in [6.07, 6.45) is 3.83. The van der Waals surface area contributed by atoms with E-state index in [0.29, 0.717) is 13.1 Å². The third-order valence-corrected chi connectivity index (χ3v) is 6.82. The third kappa shape index (κ3) is 5.72. The van der Waals surface area contributed by atoms with Gasteiger partial charge in [-0.05, 0) is 43.2 Å². The van der Waals surface area contributed by atoms with Crippen LogP contribution in [0, 0.1) is 0 Å². The van der Waals surface area contributed by atoms with Gasteiger partial charge >= 0.3 is 5.97 Å². The molecule has 11 heteroatoms. The molecule has 31 heavy (non-hydrogen) atoms. The Labute approximate surface area is 185 Å². The van der Waals surface area contributed by atoms with E-state index in [9.17, 15) is 18.0 Å². The number of piperidine rings is 1. The van der Waals surface area contributed by atoms with Crippen molar-refractivity contribution in [1.29, 1.82) is 0 Å². The number of anilines is 1. The Morgan fingerprint density at radius 1 is 1.16 bits per heavy atom. The Kier molecular flexibility index (Phi) is 7.47. The van der Waals surface area contributed by atoms with E-state index in [1.807, 2.05) is 0 Å². The molecule has 166 valence electrons. The summed E-state index contributed by atoms with van der Waals surface area (Å²) in [7, 11) is -2.39. The second-order valence-electron chi connectivity index (χ2n) is 6.82. The van der Waals surface area contributed by atoms with E-state index in [0.717, 1.165) is 19.3 Å². The normalized spacial score (nSPS) is 14.6. The molecule has 3 rings (SSSR count). The fourth-order valence-electron chi connectivity index (χ4n) is 3.11. The molecule has 0 spiro atoms. The molecule has 0 radical (unpaired) electrons. The summed E-state index contributed by atoms with van der Waals surface area (Å²) in [4.78, 5) is 27.9. The standard InChI is InChI=1S/C20H22ClN3O6S/c1-29-16-7-6-15(11-17(16)31(27,28)24-9-3-2-4-10-24)23-19(25)13-30-20(26)14-5-8-18(21)22-12-14/h5-8,11-12H,2-4,9-10,13H2,1H3,(H,23,25). The van der Waals surface area contributed by atoms with Gasteiger partial charge in [0.05, 0.1) is 12.7 Å². The Hall–Kier alpha value is -2.69. The monoisotopic (exact) mass is 467 g/mol. The molecule has 1 aromatic carbocycles. The van der Waals surface area contributed by atoms with E-state index >= 15 is 0 Å². The van der Waals surface area contributed by atoms with Crippen LogP contribution in [0.2, 0.25) is 5.15 Å². The maximum atomic E-state index is 13.0. The SMILES string of the molecule is COc1ccc(NC(=O)COC(=O)c2ccc(Cl)nc2)cc1S(=O)(=O)N1CCCCC1. The fourth-order valence-corrected chi connectivity index (χ4v) is 4.92. The van der Waals surface area contributed by atoms with Gasteiger partial charge in [-0.1, -0.05) is 18.0 Å². The minimum Gasteiger partial charge on any atom is -0.495 e. The van der Waals surface area contributed by atoms with Crippen molar-refractivity contribution in [2.45, 2.75) is 24.2 Å². The lowest BCUT2D eigenvalue weighted by Gasteiger charge is -2.26. The first-order valence-corrected chi connectivity index (χ1v) is 11.4. The van der Waals surface area contributed by atoms with Crippen molar-refractivity contribution in [1.82, 2.24) is 9.29 Å². The van der Waals surface area contributed by atoms with Gasteiger partial charge in [0, 0.05) is 25.0 Å². The predicted octanol–water partition coefficient (Wildman–Crippen LogP) is 2.71. The van der Waals surface area contributed by atoms with Crippen molar-refractivity contribution in [2.24, 2.45) is 0 Å². The first-order valence-electron chi connectivity index (χ1n) is 9.58. The Balaban J connectivity index is 1.68. The number of nitrogens with one attached hydrogen (secondary N) is 1. The smallest absolute Gasteiger partial charge is 0.340 e. The van der Waals surface area contributed by atoms with Gasteiger partial charge < -0.3 is 14.8 Å². The van der Waals surface area contributed by atoms with Crippen LogP contribution in [-0.4, -0.2) is 56.4 Å². The fraction of sp³-hybridized carbons (Fsp3) is 0.350. The van der Waals surface area contributed by atoms with Crippen LogP contribution in [-0.2, 0) is 19.6 Å². The molecule has 9 nitrogen and oxygen atoms in total. The number of esters is 1. The summed E-state index contributed by atoms with van der Waals surface area (Å²) in [6, 6.07) is 7.18. The summed E-state index contributed by atoms with van der Waals surface area (Å²) < 4.78 is 37.7. The molecular weight excluding hydrogens is 446 g/mol. The van der Waals surface area contributed by atoms with Gasteiger partial charge in [0.1, 0.15) is 15.8 Å². The van der Waals surface area contributed by atoms with Crippen molar-refractivity contribution in [3.8, 4) is 5.75 Å². The lowest BCUT2D eigenvalue weighted by atomic mass is 10.2. The lowest BCUT2D eigenvalue weighted by molar-refractivity contribution is -0.119. The summed E-state index contributed by atoms with van der Waals surface area (Å²) in [5.41, 5.74) is 0.391. The zero-order valence-corrected chi connectivity index (χ0v) is 18.4. The van der Waals surface area contributed by atoms with Crippen LogP contribution >= 0.6 is 11.6 Å². The van der Waals surface area contributed by atoms with Crippen molar-refractivity contribution in [3.05, 3.63) is 47.2 Å². The molecular formula is C20H22ClN3O6S. The van der Waals surface area contributed by atoms with Gasteiger partial charge in [-0.3, -0.25) is 4.79 Å². The Morgan fingerprint density at radius 2 is 1.90 bits per heavy atom. The number of methoxy groups -OCH3 is 1. The van der Waals surface area contributed by atoms with Crippen molar-refractivity contribution >= 4 is 39.2 Å². The van der Waals surface area contributed by atoms with E-state index < -0.39 is 28.5 Å². The van der Waals surface area contributed by atoms with Crippen molar-refractivity contribution in [2.75, 3.05) is 32.1 Å². The van der Waals surface area contributed by atoms with Crippen molar-refractivity contribution in [3.63, 3.8) is 0 Å². The van der Waals surface area contributed by atoms with Crippen LogP contribution in [0.25, 0.3) is 0 Å². The number of carbonyl (C=O) groups is 2. The maximum Gasteiger partial charge on any atom is 0.340 e. The summed E-state index contributed by atoms with van der Waals surface area (Å²) in [5, 5.41) is 2.76. The molecule has 1 amide bonds. The number of hydrogen-bond acceptors (Lipinski definition) is 7. The summed E-state index contributed by atoms with van der Waals surface area (Å²) in [6.45, 7) is 0.330. The number of ether oxygens (including phenoxy) is 2. The van der Waals surface area contributed by atoms with Crippen LogP contribution in [0.5, 0.6) is 5.75 Å². The number of sulfonamides is 1. The summed E-state index contributed by atoms with van der Waals surface area (Å²) >= 11 is 5.67. The number of amides is 1. The summed E-state index contributed by atoms with van der Waals surface area (Å²) in [5.74, 6) is -1.17. The predicted molar refractivity (Wildman–Crippen MR) is 114 cm³/mol. The molecule has 2 aromatic rings. The zero-order valence-electron chi connectivity index (χ0n) is 16.8. The first-order chi connectivity index (χ1) is 14.8. The van der Waals surface area contributed by atoms with Gasteiger partial charge in [-0.15, -0.1) is 0 Å². The van der Waals surface area contributed by atoms with Crippen LogP contribution in [0.1, 0.15) is 29.6 Å². The number of pyridine rings is 1. The average Bonchev–Trinajstić information content (AvgIpc) is 2.78. The molecule has 0 saturated carbocycles. The largest absolute Gasteiger partial charge is 0.495 e. The van der Waals surface area contributed by atoms with Gasteiger partial charge in [-0.25, -0.2) is 18.2 Å². The van der Waals surface area contributed by atoms with E-state index in [1.54, 1.807) is 0 Å². The van der Waals surface area contributed by atoms with E-state index in [2.05, 4.69) is 10.3 Å². The van der Waals surface area contributed by atoms with E-state index in [1.165, 1.54) is 47.9 Å². The number of nitrogens with zero attached hydrogens (tertiary/aromatic N) is 2. The molecule has 1 aliphatic rings. The molecule has 1 saturated heterocycles. The van der Waals surface area contributed by atoms with Crippen LogP contribution in [0.15, 0.2) is 41.4 Å². The van der Waals surface area contributed by atoms with Crippen LogP contribution in [0.4, 0.5) is 5.69 Å². The highest BCUT2D eigenvalue weighted by Gasteiger charge is 2.29. The third-order valence-electron chi connectivity index (χ3n) is 4.68. The highest BCUT2D eigenvalue weighted by Crippen LogP contribution is 2.31. The van der Waals surface area contributed by atoms with Crippen LogP contribution < -0.4 is 10.1 Å². The first kappa shape index (κ1) is 23.0. The molecule has 0 atom stereocenters. The second-order valence-corrected chi connectivity index (χ2v) is 9.12. The number of hydrogen-bond donors (Lipinski definition) is 1. The highest BCUT2D eigenvalue weighted by atomic mass is 35.5. The Bertz CT molecular complexity index is 1050. The van der Waals surface area contributed by atoms with E-state index in [-0.39, 0.29) is 27.0 Å². The van der Waals surface area contributed by atoms with Crippen LogP contribution in [0.3, 0.4) is 0 Å². The molecule has 1 aromatic heterocycles. The molecule has 1 fully saturated rings. The lowest BCUT2D eigenvalue weighted by Crippen LogP contribution is -2.35. The van der Waals surface area contributed by atoms with Gasteiger partial charge in [0.25, 0.3) is 5.91 Å². The minimum absolute atomic E-state index is 0.0288. The number of rotatable bonds is 7. The minimum atomic E-state index is -3.77. The molecule has 1 aliphatic heterocycles. The number of halogens is 1. The molecule has 2 heterocycles. The van der Waals surface area contributed by atoms with Gasteiger partial charge in [-0.2, -0.15) is 4.31 Å². The molecule has 1 N–H and O–H groups in total. The molecule has 0 aliphatic carbocycles. The van der Waals surface area contributed by atoms with Gasteiger partial charge in [0.2, 0.25) is 10.0 Å². The zero-order chi connectivity index (χ0) is 22.4. The number of aromatic nitrogens is 1.